The summed E-state index contributed by atoms with van der Waals surface area (Å²) >= 11 is 0. The lowest BCUT2D eigenvalue weighted by atomic mass is 10.2. The minimum Gasteiger partial charge on any atom is -0.508 e. The number of rotatable bonds is 10. The van der Waals surface area contributed by atoms with Crippen LogP contribution in [0.4, 0.5) is 0 Å². The van der Waals surface area contributed by atoms with Crippen LogP contribution in [0.25, 0.3) is 0 Å². The Hall–Kier alpha value is -2.22. The molecule has 0 saturated carbocycles. The van der Waals surface area contributed by atoms with E-state index in [9.17, 15) is 13.2 Å². The Morgan fingerprint density at radius 3 is 2.26 bits per heavy atom. The summed E-state index contributed by atoms with van der Waals surface area (Å²) in [6.07, 6.45) is 4.32. The fraction of sp³-hybridized carbons (Fsp3) is 0.350. The molecule has 0 atom stereocenters. The molecule has 0 aliphatic carbocycles. The largest absolute Gasteiger partial charge is 0.508 e. The van der Waals surface area contributed by atoms with Crippen molar-refractivity contribution < 1.29 is 27.2 Å². The van der Waals surface area contributed by atoms with Gasteiger partial charge in [-0.2, -0.15) is 8.42 Å². The van der Waals surface area contributed by atoms with Gasteiger partial charge in [0.2, 0.25) is 0 Å². The molecule has 0 aliphatic rings. The van der Waals surface area contributed by atoms with Crippen molar-refractivity contribution in [2.75, 3.05) is 19.5 Å². The van der Waals surface area contributed by atoms with Gasteiger partial charge in [0.1, 0.15) is 12.0 Å². The Balaban J connectivity index is 0.000000337. The van der Waals surface area contributed by atoms with Gasteiger partial charge in [0.25, 0.3) is 10.1 Å². The van der Waals surface area contributed by atoms with Gasteiger partial charge in [-0.25, -0.2) is 0 Å². The van der Waals surface area contributed by atoms with E-state index in [0.29, 0.717) is 25.1 Å². The highest BCUT2D eigenvalue weighted by molar-refractivity contribution is 7.85. The predicted molar refractivity (Wildman–Crippen MR) is 104 cm³/mol. The van der Waals surface area contributed by atoms with E-state index in [1.165, 1.54) is 12.1 Å². The standard InChI is InChI=1S/C13H20O4S.C7H6O2/c1-18(14,15)17-11-7-3-6-10-16-12-13-8-4-2-5-9-13;8-5-6-2-1-3-7(9)4-6/h2,4-5,8-9H,3,6-7,10-12H2,1H3;1-5,9H. The summed E-state index contributed by atoms with van der Waals surface area (Å²) in [5.74, 6) is 0.125. The summed E-state index contributed by atoms with van der Waals surface area (Å²) in [5, 5.41) is 8.79. The Morgan fingerprint density at radius 2 is 1.67 bits per heavy atom. The lowest BCUT2D eigenvalue weighted by Gasteiger charge is -2.04. The molecular formula is C20H26O6S. The molecule has 0 amide bonds. The van der Waals surface area contributed by atoms with Gasteiger partial charge in [0.05, 0.1) is 19.5 Å². The molecule has 2 rings (SSSR count). The maximum atomic E-state index is 10.7. The molecule has 0 saturated heterocycles. The molecule has 6 nitrogen and oxygen atoms in total. The Bertz CT molecular complexity index is 759. The van der Waals surface area contributed by atoms with Crippen LogP contribution in [-0.4, -0.2) is 39.3 Å². The molecule has 2 aromatic carbocycles. The maximum absolute atomic E-state index is 10.7. The zero-order chi connectivity index (χ0) is 20.0. The lowest BCUT2D eigenvalue weighted by molar-refractivity contribution is 0.112. The van der Waals surface area contributed by atoms with E-state index in [4.69, 9.17) is 9.84 Å². The third kappa shape index (κ3) is 12.7. The molecule has 27 heavy (non-hydrogen) atoms. The summed E-state index contributed by atoms with van der Waals surface area (Å²) in [6.45, 7) is 1.58. The Kier molecular flexibility index (Phi) is 11.0. The van der Waals surface area contributed by atoms with Crippen LogP contribution in [0.5, 0.6) is 5.75 Å². The number of hydrogen-bond donors (Lipinski definition) is 1. The second-order valence-electron chi connectivity index (χ2n) is 5.84. The summed E-state index contributed by atoms with van der Waals surface area (Å²) in [5.41, 5.74) is 1.66. The number of phenols is 1. The van der Waals surface area contributed by atoms with Crippen LogP contribution < -0.4 is 0 Å². The monoisotopic (exact) mass is 394 g/mol. The molecule has 1 N–H and O–H groups in total. The van der Waals surface area contributed by atoms with Gasteiger partial charge in [-0.15, -0.1) is 0 Å². The molecule has 7 heteroatoms. The maximum Gasteiger partial charge on any atom is 0.264 e. The third-order valence-electron chi connectivity index (χ3n) is 3.35. The number of carbonyl (C=O) groups is 1. The molecule has 0 spiro atoms. The van der Waals surface area contributed by atoms with Crippen molar-refractivity contribution >= 4 is 16.4 Å². The lowest BCUT2D eigenvalue weighted by Crippen LogP contribution is -2.04. The molecule has 0 radical (unpaired) electrons. The van der Waals surface area contributed by atoms with E-state index in [0.717, 1.165) is 31.1 Å². The van der Waals surface area contributed by atoms with Crippen LogP contribution in [0.2, 0.25) is 0 Å². The van der Waals surface area contributed by atoms with E-state index in [2.05, 4.69) is 4.18 Å². The highest BCUT2D eigenvalue weighted by Gasteiger charge is 2.00. The normalized spacial score (nSPS) is 10.7. The van der Waals surface area contributed by atoms with Gasteiger partial charge < -0.3 is 9.84 Å². The summed E-state index contributed by atoms with van der Waals surface area (Å²) < 4.78 is 31.5. The van der Waals surface area contributed by atoms with Crippen molar-refractivity contribution in [3.63, 3.8) is 0 Å². The number of carbonyl (C=O) groups excluding carboxylic acids is 1. The number of aromatic hydroxyl groups is 1. The molecular weight excluding hydrogens is 368 g/mol. The van der Waals surface area contributed by atoms with Crippen LogP contribution in [0, 0.1) is 0 Å². The number of benzene rings is 2. The zero-order valence-corrected chi connectivity index (χ0v) is 16.2. The average molecular weight is 394 g/mol. The van der Waals surface area contributed by atoms with Gasteiger partial charge in [-0.3, -0.25) is 8.98 Å². The van der Waals surface area contributed by atoms with Crippen LogP contribution in [0.3, 0.4) is 0 Å². The molecule has 0 bridgehead atoms. The first-order chi connectivity index (χ1) is 12.9. The SMILES string of the molecule is CS(=O)(=O)OCCCCCOCc1ccccc1.O=Cc1cccc(O)c1. The van der Waals surface area contributed by atoms with Gasteiger partial charge in [-0.05, 0) is 37.0 Å². The Morgan fingerprint density at radius 1 is 0.963 bits per heavy atom. The van der Waals surface area contributed by atoms with Crippen molar-refractivity contribution in [3.8, 4) is 5.75 Å². The van der Waals surface area contributed by atoms with E-state index >= 15 is 0 Å². The minimum absolute atomic E-state index is 0.125. The minimum atomic E-state index is -3.29. The van der Waals surface area contributed by atoms with Crippen molar-refractivity contribution in [2.45, 2.75) is 25.9 Å². The summed E-state index contributed by atoms with van der Waals surface area (Å²) in [7, 11) is -3.29. The summed E-state index contributed by atoms with van der Waals surface area (Å²) in [6, 6.07) is 16.2. The molecule has 0 aliphatic heterocycles. The zero-order valence-electron chi connectivity index (χ0n) is 15.4. The molecule has 148 valence electrons. The first-order valence-electron chi connectivity index (χ1n) is 8.61. The van der Waals surface area contributed by atoms with Crippen molar-refractivity contribution in [2.24, 2.45) is 0 Å². The van der Waals surface area contributed by atoms with E-state index in [1.54, 1.807) is 12.1 Å². The van der Waals surface area contributed by atoms with E-state index in [1.807, 2.05) is 30.3 Å². The number of hydrogen-bond acceptors (Lipinski definition) is 6. The highest BCUT2D eigenvalue weighted by atomic mass is 32.2. The summed E-state index contributed by atoms with van der Waals surface area (Å²) in [4.78, 5) is 10.0. The topological polar surface area (TPSA) is 89.9 Å². The Labute approximate surface area is 160 Å². The van der Waals surface area contributed by atoms with E-state index in [-0.39, 0.29) is 12.4 Å². The molecule has 0 unspecified atom stereocenters. The van der Waals surface area contributed by atoms with Gasteiger partial charge in [-0.1, -0.05) is 42.5 Å². The molecule has 0 heterocycles. The average Bonchev–Trinajstić information content (AvgIpc) is 2.64. The van der Waals surface area contributed by atoms with Crippen LogP contribution in [0.1, 0.15) is 35.2 Å². The quantitative estimate of drug-likeness (QED) is 0.376. The smallest absolute Gasteiger partial charge is 0.264 e. The van der Waals surface area contributed by atoms with E-state index < -0.39 is 10.1 Å². The second-order valence-corrected chi connectivity index (χ2v) is 7.48. The fourth-order valence-electron chi connectivity index (χ4n) is 2.06. The first-order valence-corrected chi connectivity index (χ1v) is 10.4. The molecule has 0 aromatic heterocycles. The van der Waals surface area contributed by atoms with Crippen molar-refractivity contribution in [1.82, 2.24) is 0 Å². The number of aldehydes is 1. The van der Waals surface area contributed by atoms with Crippen molar-refractivity contribution in [1.29, 1.82) is 0 Å². The van der Waals surface area contributed by atoms with Gasteiger partial charge in [0.15, 0.2) is 0 Å². The number of phenolic OH excluding ortho intramolecular Hbond substituents is 1. The molecule has 2 aromatic rings. The first kappa shape index (κ1) is 22.8. The number of unbranched alkanes of at least 4 members (excludes halogenated alkanes) is 2. The number of ether oxygens (including phenoxy) is 1. The van der Waals surface area contributed by atoms with Crippen molar-refractivity contribution in [3.05, 3.63) is 65.7 Å². The van der Waals surface area contributed by atoms with Gasteiger partial charge in [0, 0.05) is 12.2 Å². The fourth-order valence-corrected chi connectivity index (χ4v) is 2.48. The van der Waals surface area contributed by atoms with Crippen LogP contribution in [-0.2, 0) is 25.6 Å². The van der Waals surface area contributed by atoms with Gasteiger partial charge >= 0.3 is 0 Å². The third-order valence-corrected chi connectivity index (χ3v) is 3.94. The molecule has 0 fully saturated rings. The van der Waals surface area contributed by atoms with Crippen LogP contribution >= 0.6 is 0 Å². The highest BCUT2D eigenvalue weighted by Crippen LogP contribution is 2.08. The second kappa shape index (κ2) is 13.0. The van der Waals surface area contributed by atoms with Crippen LogP contribution in [0.15, 0.2) is 54.6 Å². The predicted octanol–water partition coefficient (Wildman–Crippen LogP) is 3.55.